The number of nitrogens with zero attached hydrogens (tertiary/aromatic N) is 3. The predicted octanol–water partition coefficient (Wildman–Crippen LogP) is 2.66. The highest BCUT2D eigenvalue weighted by molar-refractivity contribution is 6.05. The van der Waals surface area contributed by atoms with Crippen molar-refractivity contribution in [2.24, 2.45) is 0 Å². The molecule has 3 heterocycles. The molecular formula is C13H8N4. The highest BCUT2D eigenvalue weighted by Gasteiger charge is 2.05. The molecule has 0 aliphatic heterocycles. The van der Waals surface area contributed by atoms with Crippen LogP contribution >= 0.6 is 0 Å². The monoisotopic (exact) mass is 220 g/mol. The zero-order chi connectivity index (χ0) is 11.2. The van der Waals surface area contributed by atoms with E-state index in [0.29, 0.717) is 0 Å². The van der Waals surface area contributed by atoms with Gasteiger partial charge in [0.15, 0.2) is 5.65 Å². The van der Waals surface area contributed by atoms with E-state index in [1.54, 1.807) is 12.5 Å². The molecule has 0 unspecified atom stereocenters. The van der Waals surface area contributed by atoms with Gasteiger partial charge in [-0.2, -0.15) is 0 Å². The van der Waals surface area contributed by atoms with E-state index in [9.17, 15) is 0 Å². The zero-order valence-corrected chi connectivity index (χ0v) is 8.88. The number of hydrogen-bond acceptors (Lipinski definition) is 3. The zero-order valence-electron chi connectivity index (χ0n) is 8.88. The average molecular weight is 220 g/mol. The molecule has 0 aliphatic carbocycles. The van der Waals surface area contributed by atoms with Gasteiger partial charge in [0.25, 0.3) is 0 Å². The first-order valence-electron chi connectivity index (χ1n) is 5.39. The maximum Gasteiger partial charge on any atom is 0.178 e. The second-order valence-corrected chi connectivity index (χ2v) is 3.97. The van der Waals surface area contributed by atoms with Gasteiger partial charge in [0.1, 0.15) is 0 Å². The van der Waals surface area contributed by atoms with Crippen molar-refractivity contribution in [1.29, 1.82) is 0 Å². The molecule has 17 heavy (non-hydrogen) atoms. The smallest absolute Gasteiger partial charge is 0.178 e. The van der Waals surface area contributed by atoms with E-state index < -0.39 is 0 Å². The van der Waals surface area contributed by atoms with Crippen LogP contribution in [0.4, 0.5) is 0 Å². The summed E-state index contributed by atoms with van der Waals surface area (Å²) >= 11 is 0. The molecule has 4 heteroatoms. The van der Waals surface area contributed by atoms with Crippen molar-refractivity contribution < 1.29 is 0 Å². The van der Waals surface area contributed by atoms with Gasteiger partial charge in [0, 0.05) is 17.0 Å². The lowest BCUT2D eigenvalue weighted by atomic mass is 10.1. The number of hydrogen-bond donors (Lipinski definition) is 1. The Morgan fingerprint density at radius 3 is 2.88 bits per heavy atom. The van der Waals surface area contributed by atoms with Crippen molar-refractivity contribution in [3.8, 4) is 0 Å². The molecule has 80 valence electrons. The van der Waals surface area contributed by atoms with E-state index in [1.165, 1.54) is 0 Å². The van der Waals surface area contributed by atoms with Crippen LogP contribution in [0.25, 0.3) is 33.0 Å². The lowest BCUT2D eigenvalue weighted by Gasteiger charge is -2.01. The number of H-pyrrole nitrogens is 1. The molecule has 4 nitrogen and oxygen atoms in total. The molecule has 0 aliphatic rings. The largest absolute Gasteiger partial charge is 0.343 e. The minimum absolute atomic E-state index is 0.732. The molecule has 0 fully saturated rings. The van der Waals surface area contributed by atoms with Crippen LogP contribution in [0, 0.1) is 0 Å². The number of nitrogens with one attached hydrogen (secondary N) is 1. The van der Waals surface area contributed by atoms with Crippen LogP contribution in [0.15, 0.2) is 42.9 Å². The molecule has 4 aromatic rings. The maximum atomic E-state index is 4.56. The number of imidazole rings is 1. The Bertz CT molecular complexity index is 848. The van der Waals surface area contributed by atoms with Gasteiger partial charge in [-0.3, -0.25) is 4.98 Å². The maximum absolute atomic E-state index is 4.56. The SMILES string of the molecule is c1cnc2c(c1)ccc1cc3[nH]cnc3nc12. The summed E-state index contributed by atoms with van der Waals surface area (Å²) in [4.78, 5) is 16.2. The summed E-state index contributed by atoms with van der Waals surface area (Å²) < 4.78 is 0. The van der Waals surface area contributed by atoms with Crippen LogP contribution in [-0.2, 0) is 0 Å². The third kappa shape index (κ3) is 1.15. The van der Waals surface area contributed by atoms with Crippen LogP contribution in [0.2, 0.25) is 0 Å². The highest BCUT2D eigenvalue weighted by atomic mass is 15.0. The number of pyridine rings is 2. The molecule has 0 atom stereocenters. The molecule has 0 amide bonds. The van der Waals surface area contributed by atoms with E-state index in [-0.39, 0.29) is 0 Å². The van der Waals surface area contributed by atoms with Crippen molar-refractivity contribution >= 4 is 33.0 Å². The molecule has 3 aromatic heterocycles. The van der Waals surface area contributed by atoms with Gasteiger partial charge in [0.2, 0.25) is 0 Å². The van der Waals surface area contributed by atoms with E-state index in [0.717, 1.165) is 33.0 Å². The van der Waals surface area contributed by atoms with Gasteiger partial charge in [-0.25, -0.2) is 9.97 Å². The molecule has 0 saturated carbocycles. The second kappa shape index (κ2) is 3.01. The Hall–Kier alpha value is -2.49. The first-order chi connectivity index (χ1) is 8.42. The number of aromatic amines is 1. The van der Waals surface area contributed by atoms with E-state index in [4.69, 9.17) is 0 Å². The molecule has 4 rings (SSSR count). The summed E-state index contributed by atoms with van der Waals surface area (Å²) in [7, 11) is 0. The first kappa shape index (κ1) is 8.64. The summed E-state index contributed by atoms with van der Waals surface area (Å²) in [6, 6.07) is 10.2. The molecule has 0 saturated heterocycles. The standard InChI is InChI=1S/C13H8N4/c1-2-8-3-4-9-6-10-13(16-7-15-10)17-12(9)11(8)14-5-1/h1-7H,(H,15,16,17). The van der Waals surface area contributed by atoms with E-state index in [2.05, 4.69) is 38.1 Å². The molecule has 1 aromatic carbocycles. The number of benzene rings is 1. The minimum Gasteiger partial charge on any atom is -0.343 e. The Morgan fingerprint density at radius 1 is 0.941 bits per heavy atom. The minimum atomic E-state index is 0.732. The first-order valence-corrected chi connectivity index (χ1v) is 5.39. The normalized spacial score (nSPS) is 11.5. The van der Waals surface area contributed by atoms with Crippen molar-refractivity contribution in [2.75, 3.05) is 0 Å². The van der Waals surface area contributed by atoms with Gasteiger partial charge in [-0.1, -0.05) is 18.2 Å². The summed E-state index contributed by atoms with van der Waals surface area (Å²) in [6.07, 6.45) is 3.45. The Morgan fingerprint density at radius 2 is 1.88 bits per heavy atom. The van der Waals surface area contributed by atoms with Crippen molar-refractivity contribution in [3.63, 3.8) is 0 Å². The number of aromatic nitrogens is 4. The summed E-state index contributed by atoms with van der Waals surface area (Å²) in [5, 5.41) is 2.18. The third-order valence-electron chi connectivity index (χ3n) is 2.94. The average Bonchev–Trinajstić information content (AvgIpc) is 2.83. The lowest BCUT2D eigenvalue weighted by molar-refractivity contribution is 1.32. The fourth-order valence-electron chi connectivity index (χ4n) is 2.13. The van der Waals surface area contributed by atoms with Gasteiger partial charge in [0.05, 0.1) is 22.9 Å². The molecule has 0 bridgehead atoms. The van der Waals surface area contributed by atoms with Crippen LogP contribution in [-0.4, -0.2) is 19.9 Å². The highest BCUT2D eigenvalue weighted by Crippen LogP contribution is 2.23. The summed E-state index contributed by atoms with van der Waals surface area (Å²) in [6.45, 7) is 0. The topological polar surface area (TPSA) is 54.5 Å². The van der Waals surface area contributed by atoms with Crippen LogP contribution in [0.5, 0.6) is 0 Å². The van der Waals surface area contributed by atoms with Crippen LogP contribution < -0.4 is 0 Å². The number of rotatable bonds is 0. The Balaban J connectivity index is 2.30. The Kier molecular flexibility index (Phi) is 1.53. The van der Waals surface area contributed by atoms with Gasteiger partial charge < -0.3 is 4.98 Å². The van der Waals surface area contributed by atoms with Crippen LogP contribution in [0.3, 0.4) is 0 Å². The fourth-order valence-corrected chi connectivity index (χ4v) is 2.13. The van der Waals surface area contributed by atoms with E-state index >= 15 is 0 Å². The van der Waals surface area contributed by atoms with Gasteiger partial charge in [-0.05, 0) is 12.1 Å². The number of fused-ring (bicyclic) bond motifs is 4. The lowest BCUT2D eigenvalue weighted by Crippen LogP contribution is -1.86. The summed E-state index contributed by atoms with van der Waals surface area (Å²) in [5.74, 6) is 0. The molecule has 0 radical (unpaired) electrons. The van der Waals surface area contributed by atoms with Gasteiger partial charge >= 0.3 is 0 Å². The third-order valence-corrected chi connectivity index (χ3v) is 2.94. The van der Waals surface area contributed by atoms with E-state index in [1.807, 2.05) is 12.1 Å². The summed E-state index contributed by atoms with van der Waals surface area (Å²) in [5.41, 5.74) is 3.51. The van der Waals surface area contributed by atoms with Crippen molar-refractivity contribution in [3.05, 3.63) is 42.9 Å². The predicted molar refractivity (Wildman–Crippen MR) is 66.7 cm³/mol. The van der Waals surface area contributed by atoms with Crippen molar-refractivity contribution in [2.45, 2.75) is 0 Å². The quantitative estimate of drug-likeness (QED) is 0.463. The van der Waals surface area contributed by atoms with Crippen molar-refractivity contribution in [1.82, 2.24) is 19.9 Å². The molecule has 0 spiro atoms. The Labute approximate surface area is 96.3 Å². The van der Waals surface area contributed by atoms with Gasteiger partial charge in [-0.15, -0.1) is 0 Å². The van der Waals surface area contributed by atoms with Crippen LogP contribution in [0.1, 0.15) is 0 Å². The fraction of sp³-hybridized carbons (Fsp3) is 0. The second-order valence-electron chi connectivity index (χ2n) is 3.97. The molecular weight excluding hydrogens is 212 g/mol. The molecule has 1 N–H and O–H groups in total.